The average Bonchev–Trinajstić information content (AvgIpc) is 2.76. The lowest BCUT2D eigenvalue weighted by Crippen LogP contribution is -2.69. The topological polar surface area (TPSA) is 67.2 Å². The van der Waals surface area contributed by atoms with Gasteiger partial charge in [-0.25, -0.2) is 4.98 Å². The molecule has 2 rings (SSSR count). The first-order valence-corrected chi connectivity index (χ1v) is 7.33. The number of aromatic nitrogens is 2. The van der Waals surface area contributed by atoms with Crippen LogP contribution in [0, 0.1) is 5.92 Å². The van der Waals surface area contributed by atoms with Crippen molar-refractivity contribution in [1.82, 2.24) is 19.8 Å². The van der Waals surface area contributed by atoms with Crippen LogP contribution in [0.3, 0.4) is 0 Å². The minimum absolute atomic E-state index is 0.0324. The Bertz CT molecular complexity index is 548. The summed E-state index contributed by atoms with van der Waals surface area (Å²) in [5.74, 6) is 0.880. The van der Waals surface area contributed by atoms with Gasteiger partial charge >= 0.3 is 0 Å². The molecule has 1 N–H and O–H groups in total. The smallest absolute Gasteiger partial charge is 0.248 e. The molecule has 1 aromatic rings. The van der Waals surface area contributed by atoms with Gasteiger partial charge in [0.2, 0.25) is 11.8 Å². The van der Waals surface area contributed by atoms with Gasteiger partial charge < -0.3 is 14.8 Å². The van der Waals surface area contributed by atoms with Crippen molar-refractivity contribution in [2.45, 2.75) is 45.7 Å². The summed E-state index contributed by atoms with van der Waals surface area (Å²) >= 11 is 0. The first-order chi connectivity index (χ1) is 9.74. The van der Waals surface area contributed by atoms with E-state index in [0.717, 1.165) is 5.82 Å². The van der Waals surface area contributed by atoms with Crippen LogP contribution < -0.4 is 5.32 Å². The van der Waals surface area contributed by atoms with Gasteiger partial charge in [-0.2, -0.15) is 0 Å². The van der Waals surface area contributed by atoms with Crippen LogP contribution in [0.2, 0.25) is 0 Å². The van der Waals surface area contributed by atoms with Crippen LogP contribution in [-0.4, -0.2) is 44.4 Å². The lowest BCUT2D eigenvalue weighted by Gasteiger charge is -2.44. The van der Waals surface area contributed by atoms with Crippen molar-refractivity contribution in [3.63, 3.8) is 0 Å². The third-order valence-corrected chi connectivity index (χ3v) is 3.96. The molecule has 0 bridgehead atoms. The molecule has 0 spiro atoms. The quantitative estimate of drug-likeness (QED) is 0.889. The zero-order valence-electron chi connectivity index (χ0n) is 13.4. The Kier molecular flexibility index (Phi) is 4.07. The fourth-order valence-electron chi connectivity index (χ4n) is 2.82. The Morgan fingerprint density at radius 1 is 1.38 bits per heavy atom. The van der Waals surface area contributed by atoms with Crippen LogP contribution in [0.5, 0.6) is 0 Å². The number of hydrogen-bond acceptors (Lipinski definition) is 3. The number of imidazole rings is 1. The summed E-state index contributed by atoms with van der Waals surface area (Å²) in [6.45, 7) is 7.92. The standard InChI is InChI=1S/C15H24N4O2/c1-10(2)12-13(20)17-15(3,4)14(21)19(12)8-6-11-16-7-9-18(11)5/h7,9-10,12H,6,8H2,1-5H3,(H,17,20). The van der Waals surface area contributed by atoms with E-state index >= 15 is 0 Å². The third-order valence-electron chi connectivity index (χ3n) is 3.96. The maximum Gasteiger partial charge on any atom is 0.248 e. The molecule has 2 heterocycles. The van der Waals surface area contributed by atoms with Gasteiger partial charge in [0.1, 0.15) is 17.4 Å². The van der Waals surface area contributed by atoms with E-state index in [4.69, 9.17) is 0 Å². The molecule has 21 heavy (non-hydrogen) atoms. The zero-order chi connectivity index (χ0) is 15.8. The van der Waals surface area contributed by atoms with E-state index in [9.17, 15) is 9.59 Å². The van der Waals surface area contributed by atoms with Crippen LogP contribution in [0.15, 0.2) is 12.4 Å². The molecule has 1 saturated heterocycles. The predicted molar refractivity (Wildman–Crippen MR) is 79.5 cm³/mol. The van der Waals surface area contributed by atoms with Gasteiger partial charge in [0.15, 0.2) is 0 Å². The number of nitrogens with zero attached hydrogens (tertiary/aromatic N) is 3. The fraction of sp³-hybridized carbons (Fsp3) is 0.667. The molecule has 1 aliphatic heterocycles. The third kappa shape index (κ3) is 2.94. The van der Waals surface area contributed by atoms with Gasteiger partial charge in [-0.3, -0.25) is 9.59 Å². The number of hydrogen-bond donors (Lipinski definition) is 1. The van der Waals surface area contributed by atoms with E-state index in [0.29, 0.717) is 13.0 Å². The predicted octanol–water partition coefficient (Wildman–Crippen LogP) is 0.724. The fourth-order valence-corrected chi connectivity index (χ4v) is 2.82. The van der Waals surface area contributed by atoms with Crippen molar-refractivity contribution in [1.29, 1.82) is 0 Å². The largest absolute Gasteiger partial charge is 0.340 e. The summed E-state index contributed by atoms with van der Waals surface area (Å²) in [7, 11) is 1.93. The molecule has 1 fully saturated rings. The molecule has 0 aliphatic carbocycles. The number of piperazine rings is 1. The molecule has 1 unspecified atom stereocenters. The maximum atomic E-state index is 12.6. The maximum absolute atomic E-state index is 12.6. The highest BCUT2D eigenvalue weighted by Gasteiger charge is 2.46. The second-order valence-electron chi connectivity index (χ2n) is 6.51. The number of carbonyl (C=O) groups is 2. The highest BCUT2D eigenvalue weighted by atomic mass is 16.2. The van der Waals surface area contributed by atoms with Gasteiger partial charge in [0.25, 0.3) is 0 Å². The summed E-state index contributed by atoms with van der Waals surface area (Å²) in [6, 6.07) is -0.411. The molecule has 116 valence electrons. The lowest BCUT2D eigenvalue weighted by atomic mass is 9.91. The van der Waals surface area contributed by atoms with E-state index in [2.05, 4.69) is 10.3 Å². The summed E-state index contributed by atoms with van der Waals surface area (Å²) in [6.07, 6.45) is 4.26. The Balaban J connectivity index is 2.20. The van der Waals surface area contributed by atoms with E-state index in [-0.39, 0.29) is 17.7 Å². The van der Waals surface area contributed by atoms with E-state index in [1.165, 1.54) is 0 Å². The highest BCUT2D eigenvalue weighted by Crippen LogP contribution is 2.22. The van der Waals surface area contributed by atoms with E-state index in [1.807, 2.05) is 31.7 Å². The zero-order valence-corrected chi connectivity index (χ0v) is 13.4. The number of aryl methyl sites for hydroxylation is 1. The summed E-state index contributed by atoms with van der Waals surface area (Å²) in [4.78, 5) is 30.9. The van der Waals surface area contributed by atoms with Gasteiger partial charge in [0, 0.05) is 32.4 Å². The van der Waals surface area contributed by atoms with Gasteiger partial charge in [-0.05, 0) is 19.8 Å². The van der Waals surface area contributed by atoms with Crippen molar-refractivity contribution in [3.8, 4) is 0 Å². The second kappa shape index (κ2) is 5.50. The molecule has 6 heteroatoms. The highest BCUT2D eigenvalue weighted by molar-refractivity contribution is 5.99. The van der Waals surface area contributed by atoms with E-state index in [1.54, 1.807) is 24.9 Å². The Hall–Kier alpha value is -1.85. The Labute approximate surface area is 125 Å². The number of nitrogens with one attached hydrogen (secondary N) is 1. The Morgan fingerprint density at radius 3 is 2.57 bits per heavy atom. The monoisotopic (exact) mass is 292 g/mol. The Morgan fingerprint density at radius 2 is 2.05 bits per heavy atom. The molecule has 1 aliphatic rings. The number of amides is 2. The van der Waals surface area contributed by atoms with Crippen molar-refractivity contribution in [3.05, 3.63) is 18.2 Å². The van der Waals surface area contributed by atoms with Gasteiger partial charge in [-0.1, -0.05) is 13.8 Å². The summed E-state index contributed by atoms with van der Waals surface area (Å²) in [5.41, 5.74) is -0.843. The van der Waals surface area contributed by atoms with E-state index < -0.39 is 11.6 Å². The molecular weight excluding hydrogens is 268 g/mol. The normalized spacial score (nSPS) is 21.8. The van der Waals surface area contributed by atoms with Crippen LogP contribution >= 0.6 is 0 Å². The summed E-state index contributed by atoms with van der Waals surface area (Å²) < 4.78 is 1.93. The molecule has 0 saturated carbocycles. The average molecular weight is 292 g/mol. The van der Waals surface area contributed by atoms with Crippen molar-refractivity contribution in [2.24, 2.45) is 13.0 Å². The minimum atomic E-state index is -0.843. The van der Waals surface area contributed by atoms with Crippen molar-refractivity contribution in [2.75, 3.05) is 6.54 Å². The van der Waals surface area contributed by atoms with Gasteiger partial charge in [-0.15, -0.1) is 0 Å². The molecule has 0 radical (unpaired) electrons. The van der Waals surface area contributed by atoms with Crippen LogP contribution in [0.25, 0.3) is 0 Å². The summed E-state index contributed by atoms with van der Waals surface area (Å²) in [5, 5.41) is 2.82. The molecule has 2 amide bonds. The molecule has 1 atom stereocenters. The molecule has 0 aromatic carbocycles. The molecule has 1 aromatic heterocycles. The number of rotatable bonds is 4. The van der Waals surface area contributed by atoms with Crippen LogP contribution in [0.4, 0.5) is 0 Å². The van der Waals surface area contributed by atoms with Crippen molar-refractivity contribution < 1.29 is 9.59 Å². The first kappa shape index (κ1) is 15.5. The second-order valence-corrected chi connectivity index (χ2v) is 6.51. The molecular formula is C15H24N4O2. The molecule has 6 nitrogen and oxygen atoms in total. The SMILES string of the molecule is CC(C)C1C(=O)NC(C)(C)C(=O)N1CCc1nccn1C. The lowest BCUT2D eigenvalue weighted by molar-refractivity contribution is -0.155. The minimum Gasteiger partial charge on any atom is -0.340 e. The first-order valence-electron chi connectivity index (χ1n) is 7.33. The van der Waals surface area contributed by atoms with Gasteiger partial charge in [0.05, 0.1) is 0 Å². The van der Waals surface area contributed by atoms with Crippen LogP contribution in [-0.2, 0) is 23.1 Å². The van der Waals surface area contributed by atoms with Crippen molar-refractivity contribution >= 4 is 11.8 Å². The number of carbonyl (C=O) groups excluding carboxylic acids is 2. The van der Waals surface area contributed by atoms with Crippen LogP contribution in [0.1, 0.15) is 33.5 Å².